The highest BCUT2D eigenvalue weighted by Crippen LogP contribution is 2.51. The van der Waals surface area contributed by atoms with Crippen LogP contribution in [0.3, 0.4) is 0 Å². The average molecular weight is 839 g/mol. The minimum atomic E-state index is 0.341. The molecule has 0 spiro atoms. The molecular weight excluding hydrogens is 777 g/mol. The monoisotopic (exact) mass is 838 g/mol. The molecule has 8 unspecified atom stereocenters. The van der Waals surface area contributed by atoms with E-state index >= 15 is 0 Å². The zero-order chi connectivity index (χ0) is 42.4. The van der Waals surface area contributed by atoms with Crippen molar-refractivity contribution in [3.63, 3.8) is 0 Å². The lowest BCUT2D eigenvalue weighted by molar-refractivity contribution is 0.395. The number of fused-ring (bicyclic) bond motifs is 6. The van der Waals surface area contributed by atoms with Gasteiger partial charge in [0.1, 0.15) is 0 Å². The predicted octanol–water partition coefficient (Wildman–Crippen LogP) is 14.9. The first kappa shape index (κ1) is 39.6. The zero-order valence-electron chi connectivity index (χ0n) is 37.2. The van der Waals surface area contributed by atoms with E-state index in [1.54, 1.807) is 0 Å². The van der Waals surface area contributed by atoms with Crippen molar-refractivity contribution < 1.29 is 0 Å². The summed E-state index contributed by atoms with van der Waals surface area (Å²) in [6.07, 6.45) is 46.0. The summed E-state index contributed by atoms with van der Waals surface area (Å²) >= 11 is 0. The summed E-state index contributed by atoms with van der Waals surface area (Å²) in [5, 5.41) is 2.76. The molecule has 1 saturated heterocycles. The highest BCUT2D eigenvalue weighted by molar-refractivity contribution is 6.09. The predicted molar refractivity (Wildman–Crippen MR) is 269 cm³/mol. The van der Waals surface area contributed by atoms with Crippen molar-refractivity contribution >= 4 is 38.9 Å². The number of hydrogen-bond donors (Lipinski definition) is 0. The summed E-state index contributed by atoms with van der Waals surface area (Å²) in [4.78, 5) is 8.07. The number of nitrogens with zero attached hydrogens (tertiary/aromatic N) is 4. The van der Waals surface area contributed by atoms with Crippen LogP contribution in [0.15, 0.2) is 199 Å². The molecule has 1 aromatic heterocycles. The quantitative estimate of drug-likeness (QED) is 0.137. The van der Waals surface area contributed by atoms with Gasteiger partial charge >= 0.3 is 0 Å². The van der Waals surface area contributed by atoms with Crippen LogP contribution in [-0.4, -0.2) is 22.7 Å². The molecule has 1 aliphatic heterocycles. The molecule has 2 heterocycles. The Balaban J connectivity index is 0.803. The van der Waals surface area contributed by atoms with E-state index in [0.717, 1.165) is 44.9 Å². The molecule has 4 nitrogen and oxygen atoms in total. The molecule has 8 atom stereocenters. The van der Waals surface area contributed by atoms with Gasteiger partial charge in [-0.3, -0.25) is 0 Å². The Morgan fingerprint density at radius 2 is 1.34 bits per heavy atom. The highest BCUT2D eigenvalue weighted by atomic mass is 15.2. The number of allylic oxidation sites excluding steroid dienone is 12. The number of anilines is 3. The average Bonchev–Trinajstić information content (AvgIpc) is 3.88. The maximum absolute atomic E-state index is 2.70. The Kier molecular flexibility index (Phi) is 10.6. The van der Waals surface area contributed by atoms with E-state index in [1.165, 1.54) is 88.1 Å². The number of para-hydroxylation sites is 3. The van der Waals surface area contributed by atoms with E-state index in [-0.39, 0.29) is 0 Å². The van der Waals surface area contributed by atoms with Crippen LogP contribution in [0.1, 0.15) is 83.1 Å². The molecule has 6 aliphatic carbocycles. The van der Waals surface area contributed by atoms with Gasteiger partial charge in [0.05, 0.1) is 6.04 Å². The van der Waals surface area contributed by atoms with Gasteiger partial charge in [0.25, 0.3) is 0 Å². The number of hydrogen-bond acceptors (Lipinski definition) is 3. The van der Waals surface area contributed by atoms with Crippen molar-refractivity contribution in [1.29, 1.82) is 0 Å². The molecule has 5 aromatic rings. The second-order valence-electron chi connectivity index (χ2n) is 19.5. The van der Waals surface area contributed by atoms with E-state index in [1.807, 2.05) is 0 Å². The summed E-state index contributed by atoms with van der Waals surface area (Å²) in [5.74, 6) is 2.09. The molecule has 0 radical (unpaired) electrons. The lowest BCUT2D eigenvalue weighted by Crippen LogP contribution is -2.38. The molecule has 0 bridgehead atoms. The maximum atomic E-state index is 2.70. The number of benzene rings is 4. The van der Waals surface area contributed by atoms with Gasteiger partial charge in [0, 0.05) is 85.9 Å². The second-order valence-corrected chi connectivity index (χ2v) is 19.5. The van der Waals surface area contributed by atoms with E-state index in [9.17, 15) is 0 Å². The summed E-state index contributed by atoms with van der Waals surface area (Å²) in [6, 6.07) is 40.7. The van der Waals surface area contributed by atoms with Crippen LogP contribution < -0.4 is 14.7 Å². The zero-order valence-corrected chi connectivity index (χ0v) is 37.2. The van der Waals surface area contributed by atoms with Crippen LogP contribution in [-0.2, 0) is 0 Å². The van der Waals surface area contributed by atoms with Crippen molar-refractivity contribution in [3.05, 3.63) is 199 Å². The van der Waals surface area contributed by atoms with Crippen molar-refractivity contribution in [2.45, 2.75) is 101 Å². The van der Waals surface area contributed by atoms with Gasteiger partial charge in [0.15, 0.2) is 0 Å². The van der Waals surface area contributed by atoms with Crippen LogP contribution in [0, 0.1) is 23.7 Å². The third-order valence-electron chi connectivity index (χ3n) is 16.0. The molecule has 7 aliphatic rings. The fourth-order valence-electron chi connectivity index (χ4n) is 12.9. The van der Waals surface area contributed by atoms with Gasteiger partial charge in [0.2, 0.25) is 0 Å². The van der Waals surface area contributed by atoms with Crippen molar-refractivity contribution in [3.8, 4) is 0 Å². The van der Waals surface area contributed by atoms with Crippen molar-refractivity contribution in [2.24, 2.45) is 23.7 Å². The van der Waals surface area contributed by atoms with Crippen molar-refractivity contribution in [1.82, 2.24) is 4.57 Å². The number of aromatic nitrogens is 1. The lowest BCUT2D eigenvalue weighted by Gasteiger charge is -2.40. The largest absolute Gasteiger partial charge is 0.341 e. The lowest BCUT2D eigenvalue weighted by atomic mass is 9.78. The van der Waals surface area contributed by atoms with Gasteiger partial charge in [-0.25, -0.2) is 0 Å². The van der Waals surface area contributed by atoms with Crippen LogP contribution >= 0.6 is 0 Å². The van der Waals surface area contributed by atoms with Crippen LogP contribution in [0.2, 0.25) is 0 Å². The third kappa shape index (κ3) is 7.14. The molecule has 0 N–H and O–H groups in total. The number of rotatable bonds is 9. The van der Waals surface area contributed by atoms with E-state index in [4.69, 9.17) is 0 Å². The topological polar surface area (TPSA) is 14.7 Å². The maximum Gasteiger partial charge on any atom is 0.0519 e. The Morgan fingerprint density at radius 3 is 2.12 bits per heavy atom. The Morgan fingerprint density at radius 1 is 0.547 bits per heavy atom. The Bertz CT molecular complexity index is 2760. The molecule has 4 heteroatoms. The summed E-state index contributed by atoms with van der Waals surface area (Å²) in [6.45, 7) is 0. The Hall–Kier alpha value is -6.00. The van der Waals surface area contributed by atoms with Crippen LogP contribution in [0.25, 0.3) is 21.8 Å². The normalized spacial score (nSPS) is 28.4. The van der Waals surface area contributed by atoms with E-state index in [0.29, 0.717) is 47.8 Å². The molecule has 0 saturated carbocycles. The molecule has 64 heavy (non-hydrogen) atoms. The minimum absolute atomic E-state index is 0.341. The smallest absolute Gasteiger partial charge is 0.0519 e. The van der Waals surface area contributed by atoms with Crippen LogP contribution in [0.4, 0.5) is 17.1 Å². The fourth-order valence-corrected chi connectivity index (χ4v) is 12.9. The van der Waals surface area contributed by atoms with Gasteiger partial charge in [-0.1, -0.05) is 115 Å². The first-order chi connectivity index (χ1) is 31.8. The van der Waals surface area contributed by atoms with Crippen LogP contribution in [0.5, 0.6) is 0 Å². The fraction of sp³-hybridized carbons (Fsp3) is 0.333. The molecular formula is C60H62N4. The summed E-state index contributed by atoms with van der Waals surface area (Å²) in [5.41, 5.74) is 11.0. The van der Waals surface area contributed by atoms with Crippen molar-refractivity contribution in [2.75, 3.05) is 14.7 Å². The molecule has 4 aromatic carbocycles. The summed E-state index contributed by atoms with van der Waals surface area (Å²) < 4.78 is 2.65. The molecule has 0 amide bonds. The first-order valence-corrected chi connectivity index (χ1v) is 24.7. The van der Waals surface area contributed by atoms with E-state index < -0.39 is 0 Å². The van der Waals surface area contributed by atoms with E-state index in [2.05, 4.69) is 201 Å². The van der Waals surface area contributed by atoms with Gasteiger partial charge < -0.3 is 19.3 Å². The third-order valence-corrected chi connectivity index (χ3v) is 16.0. The molecule has 322 valence electrons. The second kappa shape index (κ2) is 17.2. The first-order valence-electron chi connectivity index (χ1n) is 24.7. The van der Waals surface area contributed by atoms with Gasteiger partial charge in [-0.15, -0.1) is 0 Å². The standard InChI is InChI=1S/C60H62N4/c1-5-17-45(18-6-1)61(51-37-39-59-55(41-51)53-25-13-15-27-57(53)63(59)47-21-9-3-10-22-47)49-33-29-43(30-34-49)44-31-35-50(36-32-44)62(46-19-7-2-8-20-46)52-38-40-60-56(42-52)54-26-14-16-28-58(54)64(60)48-23-11-4-12-24-48/h1-7,9-11,13-14,16-18,21-22,25-26,28-29,31,33,35-40,42-44,46,48-49,53,55,57H,8,12,15,19-20,23-24,27,30,32,34,41H2. The highest BCUT2D eigenvalue weighted by Gasteiger charge is 2.46. The van der Waals surface area contributed by atoms with Gasteiger partial charge in [-0.2, -0.15) is 0 Å². The summed E-state index contributed by atoms with van der Waals surface area (Å²) in [7, 11) is 0. The SMILES string of the molecule is C1=CCC(N(C2=CCC(C3C=CC(N(C4=CC=C5C(C4)C4C=CCCC4N5c4ccccc4)c4ccccc4)CC3)C=C2)c2ccc3c(c2)c2ccccc2n3C2CC=CCC2)CC1. The molecule has 1 fully saturated rings. The minimum Gasteiger partial charge on any atom is -0.341 e. The van der Waals surface area contributed by atoms with Gasteiger partial charge in [-0.05, 0) is 156 Å². The Labute approximate surface area is 380 Å². The molecule has 12 rings (SSSR count).